The van der Waals surface area contributed by atoms with E-state index >= 15 is 0 Å². The average Bonchev–Trinajstić information content (AvgIpc) is 2.05. The summed E-state index contributed by atoms with van der Waals surface area (Å²) in [5.41, 5.74) is 0.892. The predicted octanol–water partition coefficient (Wildman–Crippen LogP) is -0.926. The first-order valence-corrected chi connectivity index (χ1v) is 2.65. The van der Waals surface area contributed by atoms with E-state index in [-0.39, 0.29) is 0 Å². The molecule has 0 aliphatic rings. The largest absolute Gasteiger partial charge is 0.308 e. The van der Waals surface area contributed by atoms with Crippen LogP contribution in [0.4, 0.5) is 0 Å². The van der Waals surface area contributed by atoms with E-state index in [2.05, 4.69) is 11.1 Å². The number of nitrogens with zero attached hydrogens (tertiary/aromatic N) is 2. The summed E-state index contributed by atoms with van der Waals surface area (Å²) in [4.78, 5) is 3.72. The smallest absolute Gasteiger partial charge is 0.245 e. The Morgan fingerprint density at radius 2 is 2.40 bits per heavy atom. The molecule has 0 saturated heterocycles. The second kappa shape index (κ2) is 2.61. The van der Waals surface area contributed by atoms with Crippen molar-refractivity contribution in [3.63, 3.8) is 0 Å². The summed E-state index contributed by atoms with van der Waals surface area (Å²) >= 11 is 0. The molecule has 0 radical (unpaired) electrons. The van der Waals surface area contributed by atoms with E-state index in [0.29, 0.717) is 11.3 Å². The zero-order valence-corrected chi connectivity index (χ0v) is 5.13. The molecule has 1 heterocycles. The van der Waals surface area contributed by atoms with Crippen LogP contribution in [0.2, 0.25) is 0 Å². The molecule has 1 aromatic heterocycles. The van der Waals surface area contributed by atoms with E-state index in [4.69, 9.17) is 10.5 Å². The summed E-state index contributed by atoms with van der Waals surface area (Å²) in [5.74, 6) is 0. The first kappa shape index (κ1) is 6.25. The van der Waals surface area contributed by atoms with Crippen LogP contribution in [0.5, 0.6) is 0 Å². The van der Waals surface area contributed by atoms with Gasteiger partial charge in [-0.3, -0.25) is 0 Å². The van der Waals surface area contributed by atoms with E-state index in [1.165, 1.54) is 12.3 Å². The van der Waals surface area contributed by atoms with Gasteiger partial charge in [0.2, 0.25) is 0 Å². The van der Waals surface area contributed by atoms with Crippen LogP contribution in [0.15, 0.2) is 18.3 Å². The average molecular weight is 130 g/mol. The minimum Gasteiger partial charge on any atom is -0.245 e. The molecule has 0 atom stereocenters. The second-order valence-corrected chi connectivity index (χ2v) is 1.67. The van der Waals surface area contributed by atoms with Gasteiger partial charge in [0, 0.05) is 6.20 Å². The van der Waals surface area contributed by atoms with Crippen molar-refractivity contribution in [1.82, 2.24) is 4.98 Å². The highest BCUT2D eigenvalue weighted by Crippen LogP contribution is 1.96. The van der Waals surface area contributed by atoms with E-state index in [1.807, 2.05) is 6.07 Å². The Morgan fingerprint density at radius 1 is 1.60 bits per heavy atom. The summed E-state index contributed by atoms with van der Waals surface area (Å²) in [6.07, 6.45) is 1.48. The Hall–Kier alpha value is -1.87. The fraction of sp³-hybridized carbons (Fsp3) is 0. The molecule has 0 saturated carbocycles. The molecule has 3 heteroatoms. The molecular weight excluding hydrogens is 126 g/mol. The Morgan fingerprint density at radius 3 is 3.00 bits per heavy atom. The topological polar surface area (TPSA) is 60.5 Å². The van der Waals surface area contributed by atoms with Crippen LogP contribution in [0.3, 0.4) is 0 Å². The van der Waals surface area contributed by atoms with Crippen molar-refractivity contribution in [1.29, 1.82) is 5.26 Å². The number of nitriles is 1. The van der Waals surface area contributed by atoms with Gasteiger partial charge in [-0.1, -0.05) is 5.26 Å². The first-order chi connectivity index (χ1) is 4.86. The molecule has 0 unspecified atom stereocenters. The van der Waals surface area contributed by atoms with Gasteiger partial charge >= 0.3 is 6.07 Å². The minimum atomic E-state index is 0.317. The molecule has 1 rings (SSSR count). The number of nitrogens with one attached hydrogen (secondary N) is 1. The molecule has 0 fully saturated rings. The molecule has 3 nitrogen and oxygen atoms in total. The van der Waals surface area contributed by atoms with Crippen LogP contribution >= 0.6 is 0 Å². The summed E-state index contributed by atoms with van der Waals surface area (Å²) < 4.78 is 0. The number of rotatable bonds is 0. The summed E-state index contributed by atoms with van der Waals surface area (Å²) in [7, 11) is 0. The van der Waals surface area contributed by atoms with Crippen LogP contribution in [0, 0.1) is 17.4 Å². The first-order valence-electron chi connectivity index (χ1n) is 2.65. The monoisotopic (exact) mass is 130 g/mol. The van der Waals surface area contributed by atoms with Crippen molar-refractivity contribution in [3.05, 3.63) is 29.6 Å². The van der Waals surface area contributed by atoms with Gasteiger partial charge in [-0.25, -0.2) is 4.98 Å². The zero-order valence-electron chi connectivity index (χ0n) is 5.13. The molecule has 46 valence electrons. The molecular formula is C7H4N3+. The highest BCUT2D eigenvalue weighted by molar-refractivity contribution is 5.32. The molecule has 1 aromatic rings. The van der Waals surface area contributed by atoms with Gasteiger partial charge in [0.05, 0.1) is 0 Å². The lowest BCUT2D eigenvalue weighted by atomic mass is 10.2. The van der Waals surface area contributed by atoms with Gasteiger partial charge in [-0.15, -0.1) is 0 Å². The van der Waals surface area contributed by atoms with Crippen LogP contribution in [0.1, 0.15) is 11.3 Å². The van der Waals surface area contributed by atoms with Crippen LogP contribution < -0.4 is 5.26 Å². The lowest BCUT2D eigenvalue weighted by Gasteiger charge is -1.83. The van der Waals surface area contributed by atoms with Crippen LogP contribution in [-0.4, -0.2) is 4.98 Å². The SMILES string of the molecule is N#Cc1cc(C#[NH+])ccn1. The van der Waals surface area contributed by atoms with Gasteiger partial charge < -0.3 is 0 Å². The quantitative estimate of drug-likeness (QED) is 0.493. The maximum absolute atomic E-state index is 8.36. The maximum atomic E-state index is 8.36. The normalized spacial score (nSPS) is 7.80. The fourth-order valence-corrected chi connectivity index (χ4v) is 0.569. The van der Waals surface area contributed by atoms with Gasteiger partial charge in [0.25, 0.3) is 0 Å². The van der Waals surface area contributed by atoms with Crippen molar-refractivity contribution in [2.75, 3.05) is 0 Å². The van der Waals surface area contributed by atoms with Gasteiger partial charge in [-0.05, 0) is 12.1 Å². The van der Waals surface area contributed by atoms with Gasteiger partial charge in [0.1, 0.15) is 17.3 Å². The van der Waals surface area contributed by atoms with Crippen LogP contribution in [0.25, 0.3) is 0 Å². The molecule has 0 spiro atoms. The lowest BCUT2D eigenvalue weighted by molar-refractivity contribution is -0.0909. The van der Waals surface area contributed by atoms with Gasteiger partial charge in [0.15, 0.2) is 0 Å². The van der Waals surface area contributed by atoms with Crippen LogP contribution in [-0.2, 0) is 0 Å². The van der Waals surface area contributed by atoms with Crippen molar-refractivity contribution in [3.8, 4) is 12.1 Å². The Balaban J connectivity index is 3.17. The summed E-state index contributed by atoms with van der Waals surface area (Å²) in [6, 6.07) is 7.15. The molecule has 1 N–H and O–H groups in total. The molecule has 0 aliphatic carbocycles. The van der Waals surface area contributed by atoms with Crippen molar-refractivity contribution in [2.24, 2.45) is 0 Å². The third-order valence-electron chi connectivity index (χ3n) is 1.02. The van der Waals surface area contributed by atoms with Crippen molar-refractivity contribution < 1.29 is 5.26 Å². The fourth-order valence-electron chi connectivity index (χ4n) is 0.569. The molecule has 0 bridgehead atoms. The number of hydrogen-bond acceptors (Lipinski definition) is 2. The van der Waals surface area contributed by atoms with Gasteiger partial charge in [-0.2, -0.15) is 5.26 Å². The number of hydrogen-bond donors (Lipinski definition) is 1. The molecule has 0 aromatic carbocycles. The molecule has 0 amide bonds. The summed E-state index contributed by atoms with van der Waals surface area (Å²) in [5, 5.41) is 15.1. The standard InChI is InChI=1S/C7H3N3/c8-4-6-1-2-10-7(3-6)5-9/h1-3H/p+1. The predicted molar refractivity (Wildman–Crippen MR) is 32.9 cm³/mol. The van der Waals surface area contributed by atoms with Crippen molar-refractivity contribution in [2.45, 2.75) is 0 Å². The second-order valence-electron chi connectivity index (χ2n) is 1.67. The Bertz CT molecular complexity index is 287. The number of aromatic nitrogens is 1. The third-order valence-corrected chi connectivity index (χ3v) is 1.02. The molecule has 10 heavy (non-hydrogen) atoms. The highest BCUT2D eigenvalue weighted by Gasteiger charge is 1.95. The van der Waals surface area contributed by atoms with E-state index in [1.54, 1.807) is 6.07 Å². The van der Waals surface area contributed by atoms with Crippen molar-refractivity contribution >= 4 is 0 Å². The third kappa shape index (κ3) is 1.10. The summed E-state index contributed by atoms with van der Waals surface area (Å²) in [6.45, 7) is 0. The zero-order chi connectivity index (χ0) is 7.40. The lowest BCUT2D eigenvalue weighted by Crippen LogP contribution is -2.17. The van der Waals surface area contributed by atoms with E-state index in [9.17, 15) is 0 Å². The van der Waals surface area contributed by atoms with E-state index < -0.39 is 0 Å². The molecule has 0 aliphatic heterocycles. The number of pyridine rings is 1. The van der Waals surface area contributed by atoms with E-state index in [0.717, 1.165) is 0 Å². The Kier molecular flexibility index (Phi) is 1.63. The minimum absolute atomic E-state index is 0.317. The maximum Gasteiger partial charge on any atom is 0.308 e. The Labute approximate surface area is 58.2 Å². The highest BCUT2D eigenvalue weighted by atomic mass is 14.7.